The maximum atomic E-state index is 13.0. The van der Waals surface area contributed by atoms with E-state index < -0.39 is 20.0 Å². The molecule has 0 heterocycles. The number of rotatable bonds is 60. The number of phosphoric ester groups is 1. The van der Waals surface area contributed by atoms with Gasteiger partial charge < -0.3 is 19.8 Å². The number of hydrogen-bond acceptors (Lipinski definition) is 5. The van der Waals surface area contributed by atoms with E-state index in [4.69, 9.17) is 9.05 Å². The summed E-state index contributed by atoms with van der Waals surface area (Å²) in [5, 5.41) is 14.1. The third-order valence-electron chi connectivity index (χ3n) is 15.0. The fourth-order valence-electron chi connectivity index (χ4n) is 9.99. The van der Waals surface area contributed by atoms with E-state index in [1.807, 2.05) is 21.1 Å². The molecule has 0 saturated heterocycles. The van der Waals surface area contributed by atoms with E-state index in [2.05, 4.69) is 31.3 Å². The Bertz CT molecular complexity index is 1180. The van der Waals surface area contributed by atoms with Crippen molar-refractivity contribution in [2.45, 2.75) is 347 Å². The highest BCUT2D eigenvalue weighted by Crippen LogP contribution is 2.43. The van der Waals surface area contributed by atoms with Gasteiger partial charge in [0.1, 0.15) is 13.2 Å². The van der Waals surface area contributed by atoms with E-state index in [1.165, 1.54) is 270 Å². The molecular weight excluding hydrogens is 912 g/mol. The lowest BCUT2D eigenvalue weighted by Gasteiger charge is -2.26. The lowest BCUT2D eigenvalue weighted by Crippen LogP contribution is -2.46. The van der Waals surface area contributed by atoms with Gasteiger partial charge in [0, 0.05) is 6.42 Å². The number of hydrogen-bond donors (Lipinski definition) is 3. The molecule has 0 aliphatic rings. The molecule has 3 unspecified atom stereocenters. The smallest absolute Gasteiger partial charge is 0.391 e. The highest BCUT2D eigenvalue weighted by Gasteiger charge is 2.28. The second-order valence-corrected chi connectivity index (χ2v) is 25.0. The van der Waals surface area contributed by atoms with Crippen LogP contribution in [0.3, 0.4) is 0 Å². The van der Waals surface area contributed by atoms with Crippen LogP contribution in [0.2, 0.25) is 0 Å². The fraction of sp³-hybridized carbons (Fsp3) is 0.952. The Morgan fingerprint density at radius 2 is 0.750 bits per heavy atom. The molecule has 8 nitrogen and oxygen atoms in total. The van der Waals surface area contributed by atoms with Crippen molar-refractivity contribution < 1.29 is 32.9 Å². The third kappa shape index (κ3) is 57.0. The Morgan fingerprint density at radius 3 is 1.07 bits per heavy atom. The van der Waals surface area contributed by atoms with E-state index in [-0.39, 0.29) is 19.1 Å². The number of amides is 1. The van der Waals surface area contributed by atoms with Crippen LogP contribution >= 0.6 is 7.82 Å². The average Bonchev–Trinajstić information content (AvgIpc) is 3.34. The minimum absolute atomic E-state index is 0.0782. The van der Waals surface area contributed by atoms with E-state index in [0.717, 1.165) is 38.5 Å². The summed E-state index contributed by atoms with van der Waals surface area (Å²) in [7, 11) is 1.64. The van der Waals surface area contributed by atoms with Gasteiger partial charge in [0.15, 0.2) is 0 Å². The summed E-state index contributed by atoms with van der Waals surface area (Å²) in [5.41, 5.74) is 0. The van der Waals surface area contributed by atoms with Crippen LogP contribution in [0.15, 0.2) is 12.2 Å². The number of phosphoric acid groups is 1. The molecule has 3 atom stereocenters. The standard InChI is InChI=1S/C63H127N2O6P/c1-6-8-10-12-14-16-18-20-22-24-26-27-28-29-30-31-32-33-34-35-36-37-39-41-43-45-47-49-51-53-55-57-63(67)64-61(60-71-72(68,69)70-59-58-65(3,4)5)62(66)56-54-52-50-48-46-44-42-40-38-25-23-21-19-17-15-13-11-9-7-2/h24,26,61-62,66H,6-23,25,27-60H2,1-5H3,(H-,64,67,68,69)/p+1/b26-24-. The number of carbonyl (C=O) groups is 1. The topological polar surface area (TPSA) is 105 Å². The second-order valence-electron chi connectivity index (χ2n) is 23.5. The van der Waals surface area contributed by atoms with Crippen LogP contribution < -0.4 is 5.32 Å². The predicted molar refractivity (Wildman–Crippen MR) is 314 cm³/mol. The first-order valence-corrected chi connectivity index (χ1v) is 33.5. The van der Waals surface area contributed by atoms with Crippen LogP contribution in [0.4, 0.5) is 0 Å². The molecule has 0 rings (SSSR count). The Morgan fingerprint density at radius 1 is 0.458 bits per heavy atom. The van der Waals surface area contributed by atoms with Gasteiger partial charge in [-0.3, -0.25) is 13.8 Å². The Hall–Kier alpha value is -0.760. The van der Waals surface area contributed by atoms with Crippen LogP contribution in [-0.4, -0.2) is 73.4 Å². The van der Waals surface area contributed by atoms with Gasteiger partial charge in [0.25, 0.3) is 0 Å². The van der Waals surface area contributed by atoms with Gasteiger partial charge in [-0.05, 0) is 38.5 Å². The summed E-state index contributed by atoms with van der Waals surface area (Å²) in [5.74, 6) is -0.136. The normalized spacial score (nSPS) is 13.8. The number of aliphatic hydroxyl groups is 1. The molecule has 1 amide bonds. The number of allylic oxidation sites excluding steroid dienone is 2. The van der Waals surface area contributed by atoms with Crippen LogP contribution in [0.5, 0.6) is 0 Å². The van der Waals surface area contributed by atoms with Crippen LogP contribution in [0.25, 0.3) is 0 Å². The van der Waals surface area contributed by atoms with Gasteiger partial charge in [-0.15, -0.1) is 0 Å². The van der Waals surface area contributed by atoms with Crippen LogP contribution in [0.1, 0.15) is 335 Å². The van der Waals surface area contributed by atoms with Crippen molar-refractivity contribution in [3.63, 3.8) is 0 Å². The molecule has 72 heavy (non-hydrogen) atoms. The van der Waals surface area contributed by atoms with E-state index >= 15 is 0 Å². The maximum absolute atomic E-state index is 13.0. The van der Waals surface area contributed by atoms with E-state index in [1.54, 1.807) is 0 Å². The van der Waals surface area contributed by atoms with Gasteiger partial charge in [0.2, 0.25) is 5.91 Å². The van der Waals surface area contributed by atoms with Gasteiger partial charge in [-0.1, -0.05) is 302 Å². The van der Waals surface area contributed by atoms with E-state index in [9.17, 15) is 19.4 Å². The molecule has 0 saturated carbocycles. The lowest BCUT2D eigenvalue weighted by atomic mass is 10.0. The molecule has 0 aromatic heterocycles. The molecule has 0 aliphatic carbocycles. The minimum Gasteiger partial charge on any atom is -0.391 e. The summed E-state index contributed by atoms with van der Waals surface area (Å²) < 4.78 is 23.8. The first-order chi connectivity index (χ1) is 35.0. The number of unbranched alkanes of at least 4 members (excludes halogenated alkanes) is 45. The van der Waals surface area contributed by atoms with Gasteiger partial charge in [-0.2, -0.15) is 0 Å². The predicted octanol–water partition coefficient (Wildman–Crippen LogP) is 19.8. The molecule has 0 radical (unpaired) electrons. The first-order valence-electron chi connectivity index (χ1n) is 32.1. The summed E-state index contributed by atoms with van der Waals surface area (Å²) >= 11 is 0. The largest absolute Gasteiger partial charge is 0.472 e. The SMILES string of the molecule is CCCCCCCCCC/C=C\CCCCCCCCCCCCCCCCCCCCCC(=O)NC(COP(=O)(O)OCC[N+](C)(C)C)C(O)CCCCCCCCCCCCCCCCCCCCC. The molecule has 0 fully saturated rings. The minimum atomic E-state index is -4.32. The van der Waals surface area contributed by atoms with Gasteiger partial charge in [-0.25, -0.2) is 4.57 Å². The maximum Gasteiger partial charge on any atom is 0.472 e. The average molecular weight is 1040 g/mol. The Balaban J connectivity index is 4.01. The molecule has 3 N–H and O–H groups in total. The summed E-state index contributed by atoms with van der Waals surface area (Å²) in [6.07, 6.45) is 68.6. The van der Waals surface area contributed by atoms with Crippen molar-refractivity contribution in [2.24, 2.45) is 0 Å². The molecule has 0 spiro atoms. The van der Waals surface area contributed by atoms with Crippen molar-refractivity contribution >= 4 is 13.7 Å². The fourth-order valence-corrected chi connectivity index (χ4v) is 10.7. The lowest BCUT2D eigenvalue weighted by molar-refractivity contribution is -0.870. The number of likely N-dealkylation sites (N-methyl/N-ethyl adjacent to an activating group) is 1. The summed E-state index contributed by atoms with van der Waals surface area (Å²) in [6, 6.07) is -0.757. The molecule has 9 heteroatoms. The van der Waals surface area contributed by atoms with Crippen molar-refractivity contribution in [1.29, 1.82) is 0 Å². The monoisotopic (exact) mass is 1040 g/mol. The zero-order chi connectivity index (χ0) is 52.7. The van der Waals surface area contributed by atoms with Crippen molar-refractivity contribution in [3.05, 3.63) is 12.2 Å². The van der Waals surface area contributed by atoms with Crippen molar-refractivity contribution in [3.8, 4) is 0 Å². The molecule has 0 bridgehead atoms. The Kier molecular flexibility index (Phi) is 54.4. The second kappa shape index (κ2) is 55.0. The molecule has 430 valence electrons. The Labute approximate surface area is 450 Å². The quantitative estimate of drug-likeness (QED) is 0.0243. The highest BCUT2D eigenvalue weighted by molar-refractivity contribution is 7.47. The summed E-state index contributed by atoms with van der Waals surface area (Å²) in [4.78, 5) is 23.4. The first kappa shape index (κ1) is 71.2. The summed E-state index contributed by atoms with van der Waals surface area (Å²) in [6.45, 7) is 4.94. The zero-order valence-electron chi connectivity index (χ0n) is 49.2. The highest BCUT2D eigenvalue weighted by atomic mass is 31.2. The van der Waals surface area contributed by atoms with Crippen molar-refractivity contribution in [2.75, 3.05) is 40.9 Å². The van der Waals surface area contributed by atoms with Crippen LogP contribution in [0, 0.1) is 0 Å². The van der Waals surface area contributed by atoms with Gasteiger partial charge in [0.05, 0.1) is 39.9 Å². The number of nitrogens with one attached hydrogen (secondary N) is 1. The number of aliphatic hydroxyl groups excluding tert-OH is 1. The van der Waals surface area contributed by atoms with Gasteiger partial charge >= 0.3 is 7.82 Å². The number of quaternary nitrogens is 1. The zero-order valence-corrected chi connectivity index (χ0v) is 50.1. The van der Waals surface area contributed by atoms with Crippen LogP contribution in [-0.2, 0) is 18.4 Å². The van der Waals surface area contributed by atoms with E-state index in [0.29, 0.717) is 23.9 Å². The molecule has 0 aromatic rings. The molecule has 0 aromatic carbocycles. The van der Waals surface area contributed by atoms with Crippen molar-refractivity contribution in [1.82, 2.24) is 5.32 Å². The number of carbonyl (C=O) groups excluding carboxylic acids is 1. The molecule has 0 aliphatic heterocycles. The third-order valence-corrected chi connectivity index (χ3v) is 16.0. The number of nitrogens with zero attached hydrogens (tertiary/aromatic N) is 1. The molecular formula is C63H128N2O6P+.